The SMILES string of the molecule is O=C(NCCCc1nc2ccc([N+](=O)[O-])cc2[nH]1)c1ccc([N+](=O)[O-])cc1. The van der Waals surface area contributed by atoms with Gasteiger partial charge in [-0.3, -0.25) is 25.0 Å². The summed E-state index contributed by atoms with van der Waals surface area (Å²) in [6.45, 7) is 0.396. The number of benzene rings is 2. The van der Waals surface area contributed by atoms with Crippen LogP contribution in [-0.2, 0) is 6.42 Å². The number of nitrogens with one attached hydrogen (secondary N) is 2. The number of non-ortho nitro benzene ring substituents is 2. The Hall–Kier alpha value is -3.82. The van der Waals surface area contributed by atoms with Crippen molar-refractivity contribution in [1.29, 1.82) is 0 Å². The molecule has 0 aliphatic heterocycles. The molecule has 1 heterocycles. The number of imidazole rings is 1. The van der Waals surface area contributed by atoms with E-state index in [1.54, 1.807) is 6.07 Å². The lowest BCUT2D eigenvalue weighted by Crippen LogP contribution is -2.24. The molecule has 10 nitrogen and oxygen atoms in total. The van der Waals surface area contributed by atoms with Gasteiger partial charge in [0.05, 0.1) is 20.9 Å². The molecule has 3 aromatic rings. The minimum atomic E-state index is -0.524. The lowest BCUT2D eigenvalue weighted by molar-refractivity contribution is -0.385. The van der Waals surface area contributed by atoms with Crippen LogP contribution in [0, 0.1) is 20.2 Å². The van der Waals surface area contributed by atoms with Crippen LogP contribution in [0.3, 0.4) is 0 Å². The van der Waals surface area contributed by atoms with Crippen LogP contribution >= 0.6 is 0 Å². The zero-order valence-electron chi connectivity index (χ0n) is 14.0. The smallest absolute Gasteiger partial charge is 0.271 e. The van der Waals surface area contributed by atoms with Crippen LogP contribution < -0.4 is 5.32 Å². The molecule has 10 heteroatoms. The maximum Gasteiger partial charge on any atom is 0.271 e. The van der Waals surface area contributed by atoms with Gasteiger partial charge in [0, 0.05) is 42.8 Å². The summed E-state index contributed by atoms with van der Waals surface area (Å²) >= 11 is 0. The third-order valence-electron chi connectivity index (χ3n) is 3.94. The highest BCUT2D eigenvalue weighted by Crippen LogP contribution is 2.19. The minimum absolute atomic E-state index is 0.00642. The monoisotopic (exact) mass is 369 g/mol. The molecule has 0 spiro atoms. The second-order valence-corrected chi connectivity index (χ2v) is 5.81. The summed E-state index contributed by atoms with van der Waals surface area (Å²) in [5.41, 5.74) is 1.50. The van der Waals surface area contributed by atoms with Crippen LogP contribution in [0.25, 0.3) is 11.0 Å². The van der Waals surface area contributed by atoms with Crippen molar-refractivity contribution >= 4 is 28.3 Å². The van der Waals surface area contributed by atoms with Crippen molar-refractivity contribution in [3.8, 4) is 0 Å². The number of hydrogen-bond donors (Lipinski definition) is 2. The second-order valence-electron chi connectivity index (χ2n) is 5.81. The maximum atomic E-state index is 12.0. The lowest BCUT2D eigenvalue weighted by atomic mass is 10.2. The number of nitrogens with zero attached hydrogens (tertiary/aromatic N) is 3. The second kappa shape index (κ2) is 7.60. The van der Waals surface area contributed by atoms with E-state index in [1.165, 1.54) is 36.4 Å². The van der Waals surface area contributed by atoms with E-state index >= 15 is 0 Å². The summed E-state index contributed by atoms with van der Waals surface area (Å²) < 4.78 is 0. The van der Waals surface area contributed by atoms with Gasteiger partial charge in [0.15, 0.2) is 0 Å². The van der Waals surface area contributed by atoms with E-state index in [4.69, 9.17) is 0 Å². The number of aromatic nitrogens is 2. The van der Waals surface area contributed by atoms with Gasteiger partial charge < -0.3 is 10.3 Å². The van der Waals surface area contributed by atoms with E-state index in [0.29, 0.717) is 41.8 Å². The molecule has 0 aliphatic carbocycles. The highest BCUT2D eigenvalue weighted by Gasteiger charge is 2.11. The van der Waals surface area contributed by atoms with Crippen LogP contribution in [0.4, 0.5) is 11.4 Å². The van der Waals surface area contributed by atoms with Gasteiger partial charge in [0.25, 0.3) is 17.3 Å². The van der Waals surface area contributed by atoms with Gasteiger partial charge in [0.2, 0.25) is 0 Å². The number of fused-ring (bicyclic) bond motifs is 1. The first-order chi connectivity index (χ1) is 12.9. The zero-order chi connectivity index (χ0) is 19.4. The molecular formula is C17H15N5O5. The first-order valence-electron chi connectivity index (χ1n) is 8.10. The van der Waals surface area contributed by atoms with Gasteiger partial charge in [0.1, 0.15) is 5.82 Å². The number of amides is 1. The maximum absolute atomic E-state index is 12.0. The molecule has 0 radical (unpaired) electrons. The number of nitro benzene ring substituents is 2. The van der Waals surface area contributed by atoms with Gasteiger partial charge in [-0.2, -0.15) is 0 Å². The molecule has 2 aromatic carbocycles. The van der Waals surface area contributed by atoms with E-state index in [9.17, 15) is 25.0 Å². The van der Waals surface area contributed by atoms with Crippen LogP contribution in [0.15, 0.2) is 42.5 Å². The van der Waals surface area contributed by atoms with E-state index in [2.05, 4.69) is 15.3 Å². The van der Waals surface area contributed by atoms with Crippen molar-refractivity contribution in [2.45, 2.75) is 12.8 Å². The number of nitro groups is 2. The first kappa shape index (κ1) is 18.0. The molecule has 2 N–H and O–H groups in total. The Morgan fingerprint density at radius 2 is 1.70 bits per heavy atom. The van der Waals surface area contributed by atoms with Crippen LogP contribution in [0.5, 0.6) is 0 Å². The first-order valence-corrected chi connectivity index (χ1v) is 8.10. The normalized spacial score (nSPS) is 10.7. The standard InChI is InChI=1S/C17H15N5O5/c23-17(11-3-5-12(6-4-11)21(24)25)18-9-1-2-16-19-14-8-7-13(22(26)27)10-15(14)20-16/h3-8,10H,1-2,9H2,(H,18,23)(H,19,20). The molecule has 27 heavy (non-hydrogen) atoms. The summed E-state index contributed by atoms with van der Waals surface area (Å²) in [6.07, 6.45) is 1.17. The summed E-state index contributed by atoms with van der Waals surface area (Å²) in [5.74, 6) is 0.361. The fourth-order valence-corrected chi connectivity index (χ4v) is 2.58. The largest absolute Gasteiger partial charge is 0.352 e. The third-order valence-corrected chi connectivity index (χ3v) is 3.94. The van der Waals surface area contributed by atoms with Crippen molar-refractivity contribution in [3.63, 3.8) is 0 Å². The highest BCUT2D eigenvalue weighted by molar-refractivity contribution is 5.94. The molecule has 0 aliphatic rings. The van der Waals surface area contributed by atoms with E-state index in [-0.39, 0.29) is 17.3 Å². The Kier molecular flexibility index (Phi) is 5.06. The molecule has 0 atom stereocenters. The average molecular weight is 369 g/mol. The van der Waals surface area contributed by atoms with Gasteiger partial charge in [-0.25, -0.2) is 4.98 Å². The van der Waals surface area contributed by atoms with Crippen LogP contribution in [0.1, 0.15) is 22.6 Å². The molecule has 1 amide bonds. The van der Waals surface area contributed by atoms with Crippen LogP contribution in [-0.4, -0.2) is 32.3 Å². The Labute approximate surface area is 152 Å². The predicted molar refractivity (Wildman–Crippen MR) is 96.5 cm³/mol. The number of carbonyl (C=O) groups is 1. The number of H-pyrrole nitrogens is 1. The van der Waals surface area contributed by atoms with Gasteiger partial charge in [-0.05, 0) is 24.6 Å². The fraction of sp³-hybridized carbons (Fsp3) is 0.176. The number of aromatic amines is 1. The van der Waals surface area contributed by atoms with Gasteiger partial charge in [-0.1, -0.05) is 0 Å². The van der Waals surface area contributed by atoms with Crippen molar-refractivity contribution in [2.75, 3.05) is 6.54 Å². The minimum Gasteiger partial charge on any atom is -0.352 e. The Morgan fingerprint density at radius 1 is 1.04 bits per heavy atom. The quantitative estimate of drug-likeness (QED) is 0.372. The van der Waals surface area contributed by atoms with Gasteiger partial charge >= 0.3 is 0 Å². The van der Waals surface area contributed by atoms with Crippen LogP contribution in [0.2, 0.25) is 0 Å². The number of aryl methyl sites for hydroxylation is 1. The summed E-state index contributed by atoms with van der Waals surface area (Å²) in [6, 6.07) is 9.79. The van der Waals surface area contributed by atoms with Crippen molar-refractivity contribution in [2.24, 2.45) is 0 Å². The number of carbonyl (C=O) groups excluding carboxylic acids is 1. The summed E-state index contributed by atoms with van der Waals surface area (Å²) in [7, 11) is 0. The van der Waals surface area contributed by atoms with Gasteiger partial charge in [-0.15, -0.1) is 0 Å². The number of hydrogen-bond acceptors (Lipinski definition) is 6. The topological polar surface area (TPSA) is 144 Å². The molecule has 1 aromatic heterocycles. The highest BCUT2D eigenvalue weighted by atomic mass is 16.6. The van der Waals surface area contributed by atoms with E-state index in [0.717, 1.165) is 0 Å². The molecule has 0 bridgehead atoms. The van der Waals surface area contributed by atoms with Crippen molar-refractivity contribution in [3.05, 3.63) is 74.1 Å². The third kappa shape index (κ3) is 4.24. The van der Waals surface area contributed by atoms with E-state index in [1.807, 2.05) is 0 Å². The van der Waals surface area contributed by atoms with E-state index < -0.39 is 9.85 Å². The average Bonchev–Trinajstić information content (AvgIpc) is 3.07. The molecule has 0 saturated carbocycles. The molecule has 138 valence electrons. The summed E-state index contributed by atoms with van der Waals surface area (Å²) in [4.78, 5) is 39.8. The summed E-state index contributed by atoms with van der Waals surface area (Å²) in [5, 5.41) is 24.1. The lowest BCUT2D eigenvalue weighted by Gasteiger charge is -2.04. The Balaban J connectivity index is 1.52. The molecule has 3 rings (SSSR count). The predicted octanol–water partition coefficient (Wildman–Crippen LogP) is 2.74. The Morgan fingerprint density at radius 3 is 2.37 bits per heavy atom. The molecule has 0 saturated heterocycles. The number of rotatable bonds is 7. The molecule has 0 fully saturated rings. The van der Waals surface area contributed by atoms with Crippen molar-refractivity contribution in [1.82, 2.24) is 15.3 Å². The Bertz CT molecular complexity index is 1010. The zero-order valence-corrected chi connectivity index (χ0v) is 14.0. The molecule has 0 unspecified atom stereocenters. The fourth-order valence-electron chi connectivity index (χ4n) is 2.58. The molecular weight excluding hydrogens is 354 g/mol. The van der Waals surface area contributed by atoms with Crippen molar-refractivity contribution < 1.29 is 14.6 Å².